The highest BCUT2D eigenvalue weighted by atomic mass is 16.6. The molecule has 1 saturated heterocycles. The maximum atomic E-state index is 11.2. The minimum absolute atomic E-state index is 0.0347. The third kappa shape index (κ3) is 0.527. The van der Waals surface area contributed by atoms with Crippen molar-refractivity contribution in [3.8, 4) is 0 Å². The lowest BCUT2D eigenvalue weighted by Gasteiger charge is -2.19. The first kappa shape index (κ1) is 6.00. The molecule has 3 rings (SSSR count). The van der Waals surface area contributed by atoms with Crippen LogP contribution in [-0.2, 0) is 9.53 Å². The molecular formula is C8H11NO2. The number of esters is 1. The van der Waals surface area contributed by atoms with Crippen LogP contribution in [0.2, 0.25) is 0 Å². The summed E-state index contributed by atoms with van der Waals surface area (Å²) in [4.78, 5) is 11.2. The maximum Gasteiger partial charge on any atom is 0.311 e. The van der Waals surface area contributed by atoms with Crippen LogP contribution in [0, 0.1) is 17.8 Å². The molecule has 0 radical (unpaired) electrons. The lowest BCUT2D eigenvalue weighted by Crippen LogP contribution is -2.37. The number of rotatable bonds is 0. The van der Waals surface area contributed by atoms with Gasteiger partial charge >= 0.3 is 5.97 Å². The van der Waals surface area contributed by atoms with E-state index in [4.69, 9.17) is 10.5 Å². The molecule has 5 unspecified atom stereocenters. The minimum atomic E-state index is -0.0347. The summed E-state index contributed by atoms with van der Waals surface area (Å²) in [6, 6.07) is 0.103. The predicted molar refractivity (Wildman–Crippen MR) is 37.6 cm³/mol. The highest BCUT2D eigenvalue weighted by molar-refractivity contribution is 5.77. The van der Waals surface area contributed by atoms with E-state index in [2.05, 4.69) is 0 Å². The molecule has 3 nitrogen and oxygen atoms in total. The summed E-state index contributed by atoms with van der Waals surface area (Å²) >= 11 is 0. The Balaban J connectivity index is 2.05. The second kappa shape index (κ2) is 1.61. The highest BCUT2D eigenvalue weighted by Crippen LogP contribution is 2.53. The Hall–Kier alpha value is -0.570. The van der Waals surface area contributed by atoms with Gasteiger partial charge in [-0.25, -0.2) is 0 Å². The average Bonchev–Trinajstić information content (AvgIpc) is 2.47. The molecule has 0 aromatic heterocycles. The summed E-state index contributed by atoms with van der Waals surface area (Å²) in [7, 11) is 0. The van der Waals surface area contributed by atoms with Crippen molar-refractivity contribution < 1.29 is 9.53 Å². The van der Waals surface area contributed by atoms with Gasteiger partial charge in [0.2, 0.25) is 0 Å². The molecule has 0 aromatic carbocycles. The summed E-state index contributed by atoms with van der Waals surface area (Å²) in [6.07, 6.45) is 2.38. The first-order chi connectivity index (χ1) is 5.27. The number of fused-ring (bicyclic) bond motifs is 1. The van der Waals surface area contributed by atoms with Crippen LogP contribution in [0.5, 0.6) is 0 Å². The smallest absolute Gasteiger partial charge is 0.311 e. The maximum absolute atomic E-state index is 11.2. The van der Waals surface area contributed by atoms with E-state index in [0.717, 1.165) is 12.8 Å². The second-order valence-corrected chi connectivity index (χ2v) is 3.97. The second-order valence-electron chi connectivity index (χ2n) is 3.97. The molecule has 1 aliphatic heterocycles. The van der Waals surface area contributed by atoms with Gasteiger partial charge in [0.25, 0.3) is 0 Å². The zero-order valence-electron chi connectivity index (χ0n) is 6.19. The minimum Gasteiger partial charge on any atom is -0.462 e. The molecule has 0 amide bonds. The van der Waals surface area contributed by atoms with E-state index in [-0.39, 0.29) is 24.0 Å². The molecular weight excluding hydrogens is 142 g/mol. The van der Waals surface area contributed by atoms with Crippen molar-refractivity contribution in [1.82, 2.24) is 0 Å². The highest BCUT2D eigenvalue weighted by Gasteiger charge is 2.60. The van der Waals surface area contributed by atoms with E-state index < -0.39 is 0 Å². The molecule has 3 aliphatic rings. The molecule has 2 N–H and O–H groups in total. The van der Waals surface area contributed by atoms with Gasteiger partial charge in [0.15, 0.2) is 0 Å². The molecule has 2 aliphatic carbocycles. The van der Waals surface area contributed by atoms with Crippen LogP contribution in [0.4, 0.5) is 0 Å². The Morgan fingerprint density at radius 3 is 2.91 bits per heavy atom. The standard InChI is InChI=1S/C8H11NO2/c9-7-3-1-4-5(2-3)11-8(10)6(4)7/h3-7H,1-2,9H2. The van der Waals surface area contributed by atoms with Crippen LogP contribution in [0.1, 0.15) is 12.8 Å². The van der Waals surface area contributed by atoms with Crippen LogP contribution in [0.3, 0.4) is 0 Å². The van der Waals surface area contributed by atoms with E-state index in [0.29, 0.717) is 11.8 Å². The number of nitrogens with two attached hydrogens (primary N) is 1. The van der Waals surface area contributed by atoms with Gasteiger partial charge in [-0.3, -0.25) is 4.79 Å². The molecule has 2 saturated carbocycles. The van der Waals surface area contributed by atoms with E-state index in [1.807, 2.05) is 0 Å². The Labute approximate surface area is 64.9 Å². The van der Waals surface area contributed by atoms with Crippen molar-refractivity contribution in [1.29, 1.82) is 0 Å². The van der Waals surface area contributed by atoms with Gasteiger partial charge in [-0.15, -0.1) is 0 Å². The van der Waals surface area contributed by atoms with Gasteiger partial charge in [-0.1, -0.05) is 0 Å². The van der Waals surface area contributed by atoms with Gasteiger partial charge in [0, 0.05) is 12.0 Å². The summed E-state index contributed by atoms with van der Waals surface area (Å²) in [5, 5.41) is 0. The van der Waals surface area contributed by atoms with Gasteiger partial charge in [-0.2, -0.15) is 0 Å². The molecule has 11 heavy (non-hydrogen) atoms. The third-order valence-corrected chi connectivity index (χ3v) is 3.55. The Bertz CT molecular complexity index is 226. The SMILES string of the molecule is NC1C2CC3OC(=O)C1C3C2. The summed E-state index contributed by atoms with van der Waals surface area (Å²) in [5.74, 6) is 1.06. The largest absolute Gasteiger partial charge is 0.462 e. The average molecular weight is 153 g/mol. The first-order valence-corrected chi connectivity index (χ1v) is 4.23. The van der Waals surface area contributed by atoms with Crippen LogP contribution >= 0.6 is 0 Å². The number of carbonyl (C=O) groups excluding carboxylic acids is 1. The normalized spacial score (nSPS) is 58.6. The fraction of sp³-hybridized carbons (Fsp3) is 0.875. The molecule has 3 fully saturated rings. The van der Waals surface area contributed by atoms with E-state index >= 15 is 0 Å². The van der Waals surface area contributed by atoms with Crippen LogP contribution < -0.4 is 5.73 Å². The Morgan fingerprint density at radius 1 is 1.45 bits per heavy atom. The molecule has 0 spiro atoms. The van der Waals surface area contributed by atoms with Gasteiger partial charge in [0.1, 0.15) is 6.10 Å². The van der Waals surface area contributed by atoms with Crippen LogP contribution in [0.25, 0.3) is 0 Å². The predicted octanol–water partition coefficient (Wildman–Crippen LogP) is -0.105. The number of hydrogen-bond donors (Lipinski definition) is 1. The molecule has 0 aromatic rings. The molecule has 60 valence electrons. The van der Waals surface area contributed by atoms with E-state index in [1.165, 1.54) is 0 Å². The van der Waals surface area contributed by atoms with E-state index in [1.54, 1.807) is 0 Å². The first-order valence-electron chi connectivity index (χ1n) is 4.23. The van der Waals surface area contributed by atoms with Crippen molar-refractivity contribution >= 4 is 5.97 Å². The van der Waals surface area contributed by atoms with Crippen molar-refractivity contribution in [3.05, 3.63) is 0 Å². The molecule has 1 heterocycles. The van der Waals surface area contributed by atoms with Crippen molar-refractivity contribution in [3.63, 3.8) is 0 Å². The molecule has 3 heteroatoms. The zero-order valence-corrected chi connectivity index (χ0v) is 6.19. The Kier molecular flexibility index (Phi) is 0.876. The van der Waals surface area contributed by atoms with E-state index in [9.17, 15) is 4.79 Å². The third-order valence-electron chi connectivity index (χ3n) is 3.55. The quantitative estimate of drug-likeness (QED) is 0.494. The Morgan fingerprint density at radius 2 is 2.27 bits per heavy atom. The lowest BCUT2D eigenvalue weighted by atomic mass is 9.86. The van der Waals surface area contributed by atoms with Crippen molar-refractivity contribution in [2.45, 2.75) is 25.0 Å². The van der Waals surface area contributed by atoms with Crippen molar-refractivity contribution in [2.24, 2.45) is 23.5 Å². The molecule has 2 bridgehead atoms. The summed E-state index contributed by atoms with van der Waals surface area (Å²) in [6.45, 7) is 0. The lowest BCUT2D eigenvalue weighted by molar-refractivity contribution is -0.143. The monoisotopic (exact) mass is 153 g/mol. The van der Waals surface area contributed by atoms with Crippen LogP contribution in [0.15, 0.2) is 0 Å². The summed E-state index contributed by atoms with van der Waals surface area (Å²) < 4.78 is 5.19. The number of ether oxygens (including phenoxy) is 1. The fourth-order valence-corrected chi connectivity index (χ4v) is 3.04. The summed E-state index contributed by atoms with van der Waals surface area (Å²) in [5.41, 5.74) is 5.89. The van der Waals surface area contributed by atoms with Gasteiger partial charge in [-0.05, 0) is 18.8 Å². The van der Waals surface area contributed by atoms with Crippen LogP contribution in [-0.4, -0.2) is 18.1 Å². The number of carbonyl (C=O) groups is 1. The topological polar surface area (TPSA) is 52.3 Å². The fourth-order valence-electron chi connectivity index (χ4n) is 3.04. The van der Waals surface area contributed by atoms with Gasteiger partial charge < -0.3 is 10.5 Å². The number of hydrogen-bond acceptors (Lipinski definition) is 3. The van der Waals surface area contributed by atoms with Crippen molar-refractivity contribution in [2.75, 3.05) is 0 Å². The van der Waals surface area contributed by atoms with Gasteiger partial charge in [0.05, 0.1) is 5.92 Å². The molecule has 5 atom stereocenters. The zero-order chi connectivity index (χ0) is 7.59.